The van der Waals surface area contributed by atoms with Gasteiger partial charge in [0.25, 0.3) is 0 Å². The number of carbonyl (C=O) groups is 1. The van der Waals surface area contributed by atoms with Crippen LogP contribution in [0.5, 0.6) is 0 Å². The Kier molecular flexibility index (Phi) is 3.73. The van der Waals surface area contributed by atoms with E-state index in [1.807, 2.05) is 12.1 Å². The van der Waals surface area contributed by atoms with Crippen molar-refractivity contribution in [3.63, 3.8) is 0 Å². The molecule has 92 valence electrons. The van der Waals surface area contributed by atoms with Gasteiger partial charge in [-0.1, -0.05) is 6.08 Å². The first-order chi connectivity index (χ1) is 8.72. The van der Waals surface area contributed by atoms with Crippen LogP contribution in [0.4, 0.5) is 5.69 Å². The number of carbonyl (C=O) groups excluding carboxylic acids is 1. The Bertz CT molecular complexity index is 540. The molecule has 0 saturated carbocycles. The Balaban J connectivity index is 2.34. The normalized spacial score (nSPS) is 14.7. The van der Waals surface area contributed by atoms with E-state index in [-0.39, 0.29) is 17.9 Å². The molecule has 1 aliphatic rings. The van der Waals surface area contributed by atoms with Crippen molar-refractivity contribution in [1.82, 2.24) is 4.98 Å². The number of Topliss-reactive ketones (excluding diaryl/α,β-unsaturated/α-hetero) is 1. The van der Waals surface area contributed by atoms with E-state index >= 15 is 0 Å². The van der Waals surface area contributed by atoms with Crippen LogP contribution in [-0.2, 0) is 0 Å². The molecule has 0 atom stereocenters. The van der Waals surface area contributed by atoms with Crippen molar-refractivity contribution in [1.29, 1.82) is 5.26 Å². The van der Waals surface area contributed by atoms with Crippen molar-refractivity contribution < 1.29 is 4.79 Å². The molecule has 1 heterocycles. The predicted molar refractivity (Wildman–Crippen MR) is 69.7 cm³/mol. The van der Waals surface area contributed by atoms with Crippen LogP contribution in [0.1, 0.15) is 48.3 Å². The molecule has 0 aliphatic heterocycles. The first-order valence-corrected chi connectivity index (χ1v) is 6.08. The summed E-state index contributed by atoms with van der Waals surface area (Å²) in [5.41, 5.74) is 8.29. The van der Waals surface area contributed by atoms with E-state index in [4.69, 9.17) is 11.0 Å². The summed E-state index contributed by atoms with van der Waals surface area (Å²) in [6, 6.07) is 5.37. The van der Waals surface area contributed by atoms with Gasteiger partial charge >= 0.3 is 0 Å². The lowest BCUT2D eigenvalue weighted by atomic mass is 9.96. The summed E-state index contributed by atoms with van der Waals surface area (Å²) < 4.78 is 0. The molecule has 0 bridgehead atoms. The van der Waals surface area contributed by atoms with Gasteiger partial charge < -0.3 is 5.73 Å². The molecule has 4 nitrogen and oxygen atoms in total. The summed E-state index contributed by atoms with van der Waals surface area (Å²) in [7, 11) is 0. The van der Waals surface area contributed by atoms with Gasteiger partial charge in [0.1, 0.15) is 12.1 Å². The Morgan fingerprint density at radius 2 is 2.28 bits per heavy atom. The SMILES string of the molecule is N#CCC(=O)c1nc(C2=CCCCC2)ccc1N. The number of ketones is 1. The molecular weight excluding hydrogens is 226 g/mol. The van der Waals surface area contributed by atoms with Crippen LogP contribution in [0.15, 0.2) is 18.2 Å². The monoisotopic (exact) mass is 241 g/mol. The minimum atomic E-state index is -0.312. The van der Waals surface area contributed by atoms with E-state index < -0.39 is 0 Å². The number of nitriles is 1. The Labute approximate surface area is 106 Å². The quantitative estimate of drug-likeness (QED) is 0.825. The third kappa shape index (κ3) is 2.57. The topological polar surface area (TPSA) is 79.8 Å². The largest absolute Gasteiger partial charge is 0.397 e. The maximum Gasteiger partial charge on any atom is 0.197 e. The number of nitrogens with zero attached hydrogens (tertiary/aromatic N) is 2. The van der Waals surface area contributed by atoms with E-state index in [2.05, 4.69) is 11.1 Å². The van der Waals surface area contributed by atoms with E-state index in [9.17, 15) is 4.79 Å². The van der Waals surface area contributed by atoms with Crippen LogP contribution in [0.25, 0.3) is 5.57 Å². The molecule has 2 rings (SSSR count). The number of allylic oxidation sites excluding steroid dienone is 2. The molecule has 2 N–H and O–H groups in total. The second kappa shape index (κ2) is 5.46. The highest BCUT2D eigenvalue weighted by molar-refractivity contribution is 6.00. The molecule has 1 aromatic rings. The molecule has 1 aliphatic carbocycles. The number of nitrogens with two attached hydrogens (primary N) is 1. The average Bonchev–Trinajstić information content (AvgIpc) is 2.40. The number of hydrogen-bond donors (Lipinski definition) is 1. The van der Waals surface area contributed by atoms with Gasteiger partial charge in [-0.05, 0) is 43.4 Å². The lowest BCUT2D eigenvalue weighted by Gasteiger charge is -2.13. The van der Waals surface area contributed by atoms with Crippen molar-refractivity contribution >= 4 is 17.0 Å². The van der Waals surface area contributed by atoms with E-state index in [1.165, 1.54) is 12.0 Å². The van der Waals surface area contributed by atoms with Gasteiger partial charge in [-0.2, -0.15) is 5.26 Å². The van der Waals surface area contributed by atoms with Crippen molar-refractivity contribution in [3.05, 3.63) is 29.6 Å². The van der Waals surface area contributed by atoms with Crippen LogP contribution in [-0.4, -0.2) is 10.8 Å². The van der Waals surface area contributed by atoms with Crippen LogP contribution < -0.4 is 5.73 Å². The Hall–Kier alpha value is -2.15. The molecule has 0 unspecified atom stereocenters. The molecule has 0 spiro atoms. The molecule has 18 heavy (non-hydrogen) atoms. The van der Waals surface area contributed by atoms with Crippen LogP contribution in [0, 0.1) is 11.3 Å². The maximum atomic E-state index is 11.7. The highest BCUT2D eigenvalue weighted by Gasteiger charge is 2.14. The van der Waals surface area contributed by atoms with Gasteiger partial charge in [0, 0.05) is 0 Å². The zero-order valence-corrected chi connectivity index (χ0v) is 10.1. The van der Waals surface area contributed by atoms with Crippen LogP contribution in [0.2, 0.25) is 0 Å². The lowest BCUT2D eigenvalue weighted by molar-refractivity contribution is 0.0994. The fraction of sp³-hybridized carbons (Fsp3) is 0.357. The number of rotatable bonds is 3. The van der Waals surface area contributed by atoms with E-state index in [1.54, 1.807) is 6.07 Å². The second-order valence-corrected chi connectivity index (χ2v) is 4.37. The molecule has 0 aromatic carbocycles. The number of hydrogen-bond acceptors (Lipinski definition) is 4. The highest BCUT2D eigenvalue weighted by atomic mass is 16.1. The maximum absolute atomic E-state index is 11.7. The summed E-state index contributed by atoms with van der Waals surface area (Å²) in [6.45, 7) is 0. The summed E-state index contributed by atoms with van der Waals surface area (Å²) in [5, 5.41) is 8.56. The molecule has 0 radical (unpaired) electrons. The average molecular weight is 241 g/mol. The minimum absolute atomic E-state index is 0.181. The second-order valence-electron chi connectivity index (χ2n) is 4.37. The number of aromatic nitrogens is 1. The molecular formula is C14H15N3O. The minimum Gasteiger partial charge on any atom is -0.397 e. The third-order valence-electron chi connectivity index (χ3n) is 3.05. The van der Waals surface area contributed by atoms with Gasteiger partial charge in [0.15, 0.2) is 5.78 Å². The van der Waals surface area contributed by atoms with Gasteiger partial charge in [0.05, 0.1) is 17.5 Å². The van der Waals surface area contributed by atoms with E-state index in [0.717, 1.165) is 25.0 Å². The van der Waals surface area contributed by atoms with Crippen LogP contribution >= 0.6 is 0 Å². The highest BCUT2D eigenvalue weighted by Crippen LogP contribution is 2.26. The first-order valence-electron chi connectivity index (χ1n) is 6.08. The molecule has 0 amide bonds. The number of anilines is 1. The summed E-state index contributed by atoms with van der Waals surface area (Å²) in [6.07, 6.45) is 6.39. The molecule has 0 fully saturated rings. The first kappa shape index (κ1) is 12.3. The zero-order chi connectivity index (χ0) is 13.0. The van der Waals surface area contributed by atoms with Gasteiger partial charge in [-0.25, -0.2) is 4.98 Å². The molecule has 1 aromatic heterocycles. The zero-order valence-electron chi connectivity index (χ0n) is 10.1. The standard InChI is InChI=1S/C14H15N3O/c15-9-8-13(18)14-11(16)6-7-12(17-14)10-4-2-1-3-5-10/h4,6-7H,1-3,5,8,16H2. The third-order valence-corrected chi connectivity index (χ3v) is 3.05. The van der Waals surface area contributed by atoms with E-state index in [0.29, 0.717) is 5.69 Å². The number of pyridine rings is 1. The lowest BCUT2D eigenvalue weighted by Crippen LogP contribution is -2.08. The Morgan fingerprint density at radius 1 is 1.44 bits per heavy atom. The van der Waals surface area contributed by atoms with Crippen LogP contribution in [0.3, 0.4) is 0 Å². The van der Waals surface area contributed by atoms with Crippen molar-refractivity contribution in [2.45, 2.75) is 32.1 Å². The summed E-state index contributed by atoms with van der Waals surface area (Å²) in [4.78, 5) is 16.0. The smallest absolute Gasteiger partial charge is 0.197 e. The predicted octanol–water partition coefficient (Wildman–Crippen LogP) is 2.72. The molecule has 0 saturated heterocycles. The molecule has 4 heteroatoms. The summed E-state index contributed by atoms with van der Waals surface area (Å²) >= 11 is 0. The fourth-order valence-corrected chi connectivity index (χ4v) is 2.10. The van der Waals surface area contributed by atoms with Gasteiger partial charge in [0.2, 0.25) is 0 Å². The fourth-order valence-electron chi connectivity index (χ4n) is 2.10. The van der Waals surface area contributed by atoms with Gasteiger partial charge in [-0.15, -0.1) is 0 Å². The van der Waals surface area contributed by atoms with Crippen molar-refractivity contribution in [2.75, 3.05) is 5.73 Å². The number of nitrogen functional groups attached to an aromatic ring is 1. The van der Waals surface area contributed by atoms with Gasteiger partial charge in [-0.3, -0.25) is 4.79 Å². The van der Waals surface area contributed by atoms with Crippen molar-refractivity contribution in [2.24, 2.45) is 0 Å². The van der Waals surface area contributed by atoms with Crippen molar-refractivity contribution in [3.8, 4) is 6.07 Å². The Morgan fingerprint density at radius 3 is 2.94 bits per heavy atom. The summed E-state index contributed by atoms with van der Waals surface area (Å²) in [5.74, 6) is -0.312.